The van der Waals surface area contributed by atoms with Crippen LogP contribution in [0.5, 0.6) is 0 Å². The first-order valence-electron chi connectivity index (χ1n) is 6.89. The molecule has 20 heavy (non-hydrogen) atoms. The van der Waals surface area contributed by atoms with E-state index in [1.54, 1.807) is 0 Å². The molecular formula is C16H19N3O. The number of carbonyl (C=O) groups excluding carboxylic acids is 1. The number of fused-ring (bicyclic) bond motifs is 1. The number of amides is 1. The van der Waals surface area contributed by atoms with Crippen LogP contribution in [0.3, 0.4) is 0 Å². The maximum absolute atomic E-state index is 11.5. The van der Waals surface area contributed by atoms with Crippen molar-refractivity contribution in [3.8, 4) is 11.3 Å². The minimum Gasteiger partial charge on any atom is -0.365 e. The molecule has 1 aliphatic carbocycles. The minimum absolute atomic E-state index is 0.164. The highest BCUT2D eigenvalue weighted by Gasteiger charge is 2.36. The number of rotatable bonds is 2. The number of aromatic amines is 1. The van der Waals surface area contributed by atoms with Gasteiger partial charge in [-0.05, 0) is 28.9 Å². The number of benzene rings is 1. The standard InChI is InChI=1S/C16H19N3O/c1-9-7-16(2,3)12-6-4-5-10(13(9)12)14-11(15(17)20)8-18-19-14/h4-6,8-9H,7H2,1-3H3,(H2,17,20)(H,18,19). The van der Waals surface area contributed by atoms with Crippen molar-refractivity contribution >= 4 is 5.91 Å². The van der Waals surface area contributed by atoms with Gasteiger partial charge in [0.25, 0.3) is 5.91 Å². The predicted molar refractivity (Wildman–Crippen MR) is 78.6 cm³/mol. The Morgan fingerprint density at radius 3 is 2.90 bits per heavy atom. The molecular weight excluding hydrogens is 250 g/mol. The lowest BCUT2D eigenvalue weighted by molar-refractivity contribution is 0.100. The van der Waals surface area contributed by atoms with Crippen LogP contribution in [0.4, 0.5) is 0 Å². The first-order valence-corrected chi connectivity index (χ1v) is 6.89. The van der Waals surface area contributed by atoms with Crippen LogP contribution in [0, 0.1) is 0 Å². The van der Waals surface area contributed by atoms with Gasteiger partial charge in [0, 0.05) is 5.56 Å². The summed E-state index contributed by atoms with van der Waals surface area (Å²) in [5, 5.41) is 6.91. The highest BCUT2D eigenvalue weighted by Crippen LogP contribution is 2.49. The molecule has 1 aromatic heterocycles. The summed E-state index contributed by atoms with van der Waals surface area (Å²) in [7, 11) is 0. The maximum Gasteiger partial charge on any atom is 0.252 e. The largest absolute Gasteiger partial charge is 0.365 e. The van der Waals surface area contributed by atoms with Crippen molar-refractivity contribution in [1.29, 1.82) is 0 Å². The summed E-state index contributed by atoms with van der Waals surface area (Å²) >= 11 is 0. The van der Waals surface area contributed by atoms with Gasteiger partial charge in [-0.1, -0.05) is 39.0 Å². The summed E-state index contributed by atoms with van der Waals surface area (Å²) in [6.45, 7) is 6.76. The van der Waals surface area contributed by atoms with Crippen molar-refractivity contribution in [1.82, 2.24) is 10.2 Å². The third-order valence-corrected chi connectivity index (χ3v) is 4.32. The number of nitrogens with one attached hydrogen (secondary N) is 1. The highest BCUT2D eigenvalue weighted by atomic mass is 16.1. The van der Waals surface area contributed by atoms with E-state index in [0.717, 1.165) is 17.7 Å². The van der Waals surface area contributed by atoms with Gasteiger partial charge in [-0.25, -0.2) is 0 Å². The number of hydrogen-bond donors (Lipinski definition) is 2. The van der Waals surface area contributed by atoms with E-state index in [9.17, 15) is 4.79 Å². The zero-order valence-corrected chi connectivity index (χ0v) is 12.0. The van der Waals surface area contributed by atoms with Crippen molar-refractivity contribution in [3.05, 3.63) is 41.1 Å². The van der Waals surface area contributed by atoms with Crippen LogP contribution in [0.2, 0.25) is 0 Å². The van der Waals surface area contributed by atoms with Gasteiger partial charge in [0.2, 0.25) is 0 Å². The highest BCUT2D eigenvalue weighted by molar-refractivity contribution is 5.99. The molecule has 4 nitrogen and oxygen atoms in total. The fraction of sp³-hybridized carbons (Fsp3) is 0.375. The first-order chi connectivity index (χ1) is 9.42. The van der Waals surface area contributed by atoms with Gasteiger partial charge in [-0.15, -0.1) is 0 Å². The molecule has 1 aromatic carbocycles. The second kappa shape index (κ2) is 4.20. The molecule has 3 N–H and O–H groups in total. The molecule has 0 spiro atoms. The van der Waals surface area contributed by atoms with E-state index in [2.05, 4.69) is 37.0 Å². The molecule has 2 aromatic rings. The summed E-state index contributed by atoms with van der Waals surface area (Å²) in [5.74, 6) is 0.0106. The van der Waals surface area contributed by atoms with E-state index in [1.807, 2.05) is 12.1 Å². The Morgan fingerprint density at radius 2 is 2.20 bits per heavy atom. The monoisotopic (exact) mass is 269 g/mol. The zero-order valence-electron chi connectivity index (χ0n) is 12.0. The third kappa shape index (κ3) is 1.75. The van der Waals surface area contributed by atoms with Gasteiger partial charge in [0.15, 0.2) is 0 Å². The molecule has 1 atom stereocenters. The normalized spacial score (nSPS) is 19.9. The molecule has 0 radical (unpaired) electrons. The topological polar surface area (TPSA) is 71.8 Å². The van der Waals surface area contributed by atoms with E-state index in [-0.39, 0.29) is 5.41 Å². The lowest BCUT2D eigenvalue weighted by Crippen LogP contribution is -2.12. The molecule has 0 bridgehead atoms. The minimum atomic E-state index is -0.448. The number of H-pyrrole nitrogens is 1. The van der Waals surface area contributed by atoms with Crippen LogP contribution in [-0.2, 0) is 5.41 Å². The number of nitrogens with two attached hydrogens (primary N) is 1. The Labute approximate surface area is 118 Å². The van der Waals surface area contributed by atoms with Gasteiger partial charge in [-0.3, -0.25) is 9.89 Å². The molecule has 1 aliphatic rings. The van der Waals surface area contributed by atoms with Crippen molar-refractivity contribution in [2.24, 2.45) is 5.73 Å². The van der Waals surface area contributed by atoms with Crippen LogP contribution >= 0.6 is 0 Å². The average Bonchev–Trinajstić information content (AvgIpc) is 2.93. The van der Waals surface area contributed by atoms with Crippen LogP contribution in [0.25, 0.3) is 11.3 Å². The van der Waals surface area contributed by atoms with E-state index in [1.165, 1.54) is 17.3 Å². The Kier molecular flexibility index (Phi) is 2.71. The number of aromatic nitrogens is 2. The first kappa shape index (κ1) is 12.9. The number of carbonyl (C=O) groups is 1. The fourth-order valence-electron chi connectivity index (χ4n) is 3.56. The quantitative estimate of drug-likeness (QED) is 0.879. The summed E-state index contributed by atoms with van der Waals surface area (Å²) in [6, 6.07) is 6.26. The molecule has 0 saturated heterocycles. The molecule has 3 rings (SSSR count). The number of nitrogens with zero attached hydrogens (tertiary/aromatic N) is 1. The predicted octanol–water partition coefficient (Wildman–Crippen LogP) is 2.96. The zero-order chi connectivity index (χ0) is 14.5. The third-order valence-electron chi connectivity index (χ3n) is 4.32. The second-order valence-corrected chi connectivity index (χ2v) is 6.28. The van der Waals surface area contributed by atoms with Gasteiger partial charge in [-0.2, -0.15) is 5.10 Å². The molecule has 4 heteroatoms. The Morgan fingerprint density at radius 1 is 1.45 bits per heavy atom. The summed E-state index contributed by atoms with van der Waals surface area (Å²) in [5.41, 5.74) is 10.5. The van der Waals surface area contributed by atoms with E-state index >= 15 is 0 Å². The molecule has 104 valence electrons. The van der Waals surface area contributed by atoms with Crippen LogP contribution in [-0.4, -0.2) is 16.1 Å². The van der Waals surface area contributed by atoms with Crippen molar-refractivity contribution in [3.63, 3.8) is 0 Å². The van der Waals surface area contributed by atoms with Crippen LogP contribution in [0.15, 0.2) is 24.4 Å². The smallest absolute Gasteiger partial charge is 0.252 e. The fourth-order valence-corrected chi connectivity index (χ4v) is 3.56. The molecule has 1 heterocycles. The molecule has 0 saturated carbocycles. The van der Waals surface area contributed by atoms with Crippen molar-refractivity contribution in [2.75, 3.05) is 0 Å². The number of hydrogen-bond acceptors (Lipinski definition) is 2. The summed E-state index contributed by atoms with van der Waals surface area (Å²) in [4.78, 5) is 11.5. The van der Waals surface area contributed by atoms with Gasteiger partial charge >= 0.3 is 0 Å². The SMILES string of the molecule is CC1CC(C)(C)c2cccc(-c3[nH]ncc3C(N)=O)c21. The summed E-state index contributed by atoms with van der Waals surface area (Å²) < 4.78 is 0. The van der Waals surface area contributed by atoms with Crippen LogP contribution in [0.1, 0.15) is 54.6 Å². The summed E-state index contributed by atoms with van der Waals surface area (Å²) in [6.07, 6.45) is 2.61. The Balaban J connectivity index is 2.25. The van der Waals surface area contributed by atoms with Gasteiger partial charge in [0.05, 0.1) is 17.5 Å². The van der Waals surface area contributed by atoms with E-state index in [4.69, 9.17) is 5.73 Å². The maximum atomic E-state index is 11.5. The number of primary amides is 1. The molecule has 1 amide bonds. The van der Waals surface area contributed by atoms with E-state index < -0.39 is 5.91 Å². The lowest BCUT2D eigenvalue weighted by Gasteiger charge is -2.19. The van der Waals surface area contributed by atoms with Crippen LogP contribution < -0.4 is 5.73 Å². The molecule has 0 aliphatic heterocycles. The Hall–Kier alpha value is -2.10. The average molecular weight is 269 g/mol. The van der Waals surface area contributed by atoms with Gasteiger partial charge in [0.1, 0.15) is 0 Å². The molecule has 0 fully saturated rings. The van der Waals surface area contributed by atoms with Crippen molar-refractivity contribution in [2.45, 2.75) is 38.5 Å². The van der Waals surface area contributed by atoms with E-state index in [0.29, 0.717) is 11.5 Å². The lowest BCUT2D eigenvalue weighted by atomic mass is 9.85. The second-order valence-electron chi connectivity index (χ2n) is 6.28. The van der Waals surface area contributed by atoms with Gasteiger partial charge < -0.3 is 5.73 Å². The molecule has 1 unspecified atom stereocenters. The Bertz CT molecular complexity index is 685. The van der Waals surface area contributed by atoms with Crippen molar-refractivity contribution < 1.29 is 4.79 Å².